The molecule has 0 spiro atoms. The maximum Gasteiger partial charge on any atom is 0.293 e. The van der Waals surface area contributed by atoms with Crippen molar-refractivity contribution >= 4 is 6.47 Å². The Morgan fingerprint density at radius 2 is 2.00 bits per heavy atom. The number of benzene rings is 1. The summed E-state index contributed by atoms with van der Waals surface area (Å²) in [5.41, 5.74) is 1.21. The molecule has 0 bridgehead atoms. The SMILES string of the molecule is O=COC1CC(CCOCc2ccccc2)C1. The predicted octanol–water partition coefficient (Wildman–Crippen LogP) is 2.54. The zero-order valence-electron chi connectivity index (χ0n) is 9.88. The molecule has 3 heteroatoms. The minimum absolute atomic E-state index is 0.159. The number of hydrogen-bond acceptors (Lipinski definition) is 3. The smallest absolute Gasteiger partial charge is 0.293 e. The summed E-state index contributed by atoms with van der Waals surface area (Å²) in [6.45, 7) is 2.02. The van der Waals surface area contributed by atoms with E-state index >= 15 is 0 Å². The first kappa shape index (κ1) is 12.1. The predicted molar refractivity (Wildman–Crippen MR) is 64.4 cm³/mol. The molecule has 0 N–H and O–H groups in total. The highest BCUT2D eigenvalue weighted by atomic mass is 16.5. The molecule has 1 saturated carbocycles. The Hall–Kier alpha value is -1.35. The fourth-order valence-corrected chi connectivity index (χ4v) is 2.11. The first-order chi connectivity index (χ1) is 8.38. The van der Waals surface area contributed by atoms with E-state index < -0.39 is 0 Å². The van der Waals surface area contributed by atoms with E-state index in [2.05, 4.69) is 12.1 Å². The van der Waals surface area contributed by atoms with E-state index in [9.17, 15) is 4.79 Å². The van der Waals surface area contributed by atoms with E-state index in [0.717, 1.165) is 25.9 Å². The van der Waals surface area contributed by atoms with Gasteiger partial charge in [-0.3, -0.25) is 4.79 Å². The van der Waals surface area contributed by atoms with Crippen LogP contribution in [-0.2, 0) is 20.9 Å². The van der Waals surface area contributed by atoms with E-state index in [1.54, 1.807) is 0 Å². The van der Waals surface area contributed by atoms with Crippen LogP contribution in [0.2, 0.25) is 0 Å². The van der Waals surface area contributed by atoms with E-state index in [-0.39, 0.29) is 6.10 Å². The van der Waals surface area contributed by atoms with Crippen LogP contribution in [0, 0.1) is 5.92 Å². The lowest BCUT2D eigenvalue weighted by Gasteiger charge is -2.33. The van der Waals surface area contributed by atoms with Gasteiger partial charge in [0.15, 0.2) is 0 Å². The topological polar surface area (TPSA) is 35.5 Å². The Kier molecular flexibility index (Phi) is 4.56. The third kappa shape index (κ3) is 3.86. The van der Waals surface area contributed by atoms with Crippen molar-refractivity contribution in [2.45, 2.75) is 32.0 Å². The van der Waals surface area contributed by atoms with Crippen LogP contribution < -0.4 is 0 Å². The largest absolute Gasteiger partial charge is 0.465 e. The molecule has 0 unspecified atom stereocenters. The standard InChI is InChI=1S/C14H18O3/c15-11-17-14-8-13(9-14)6-7-16-10-12-4-2-1-3-5-12/h1-5,11,13-14H,6-10H2. The fraction of sp³-hybridized carbons (Fsp3) is 0.500. The van der Waals surface area contributed by atoms with Crippen LogP contribution in [0.1, 0.15) is 24.8 Å². The second-order valence-corrected chi connectivity index (χ2v) is 4.52. The Morgan fingerprint density at radius 1 is 1.24 bits per heavy atom. The molecule has 1 fully saturated rings. The molecule has 92 valence electrons. The summed E-state index contributed by atoms with van der Waals surface area (Å²) in [7, 11) is 0. The summed E-state index contributed by atoms with van der Waals surface area (Å²) in [5.74, 6) is 0.663. The lowest BCUT2D eigenvalue weighted by Crippen LogP contribution is -2.31. The first-order valence-electron chi connectivity index (χ1n) is 6.09. The molecule has 0 aromatic heterocycles. The fourth-order valence-electron chi connectivity index (χ4n) is 2.11. The molecule has 0 atom stereocenters. The average Bonchev–Trinajstić information content (AvgIpc) is 2.32. The summed E-state index contributed by atoms with van der Waals surface area (Å²) < 4.78 is 10.5. The van der Waals surface area contributed by atoms with Gasteiger partial charge in [0, 0.05) is 6.61 Å². The molecule has 3 nitrogen and oxygen atoms in total. The van der Waals surface area contributed by atoms with Gasteiger partial charge in [-0.25, -0.2) is 0 Å². The zero-order valence-corrected chi connectivity index (χ0v) is 9.88. The molecular weight excluding hydrogens is 216 g/mol. The molecule has 2 rings (SSSR count). The Balaban J connectivity index is 1.52. The third-order valence-corrected chi connectivity index (χ3v) is 3.22. The monoisotopic (exact) mass is 234 g/mol. The lowest BCUT2D eigenvalue weighted by atomic mass is 9.80. The quantitative estimate of drug-likeness (QED) is 0.537. The minimum atomic E-state index is 0.159. The van der Waals surface area contributed by atoms with E-state index in [4.69, 9.17) is 9.47 Å². The van der Waals surface area contributed by atoms with Crippen molar-refractivity contribution in [3.8, 4) is 0 Å². The second-order valence-electron chi connectivity index (χ2n) is 4.52. The molecule has 0 amide bonds. The van der Waals surface area contributed by atoms with Gasteiger partial charge in [-0.05, 0) is 30.7 Å². The second kappa shape index (κ2) is 6.40. The van der Waals surface area contributed by atoms with Gasteiger partial charge in [-0.1, -0.05) is 30.3 Å². The third-order valence-electron chi connectivity index (χ3n) is 3.22. The van der Waals surface area contributed by atoms with Crippen LogP contribution in [-0.4, -0.2) is 19.2 Å². The van der Waals surface area contributed by atoms with Gasteiger partial charge in [0.25, 0.3) is 6.47 Å². The molecule has 17 heavy (non-hydrogen) atoms. The van der Waals surface area contributed by atoms with Crippen molar-refractivity contribution in [3.63, 3.8) is 0 Å². The lowest BCUT2D eigenvalue weighted by molar-refractivity contribution is -0.140. The van der Waals surface area contributed by atoms with Crippen molar-refractivity contribution in [1.29, 1.82) is 0 Å². The number of carbonyl (C=O) groups excluding carboxylic acids is 1. The summed E-state index contributed by atoms with van der Waals surface area (Å²) in [4.78, 5) is 10.1. The molecule has 0 heterocycles. The Labute approximate surface area is 102 Å². The molecule has 1 aliphatic carbocycles. The van der Waals surface area contributed by atoms with Crippen LogP contribution in [0.15, 0.2) is 30.3 Å². The minimum Gasteiger partial charge on any atom is -0.465 e. The molecule has 1 aromatic carbocycles. The molecule has 0 aliphatic heterocycles. The van der Waals surface area contributed by atoms with Gasteiger partial charge in [-0.2, -0.15) is 0 Å². The van der Waals surface area contributed by atoms with Gasteiger partial charge >= 0.3 is 0 Å². The summed E-state index contributed by atoms with van der Waals surface area (Å²) in [6, 6.07) is 10.2. The maximum atomic E-state index is 10.1. The first-order valence-corrected chi connectivity index (χ1v) is 6.09. The Bertz CT molecular complexity index is 331. The van der Waals surface area contributed by atoms with Crippen molar-refractivity contribution in [2.24, 2.45) is 5.92 Å². The van der Waals surface area contributed by atoms with E-state index in [1.165, 1.54) is 5.56 Å². The van der Waals surface area contributed by atoms with Gasteiger partial charge in [0.1, 0.15) is 6.10 Å². The highest BCUT2D eigenvalue weighted by molar-refractivity contribution is 5.37. The highest BCUT2D eigenvalue weighted by Crippen LogP contribution is 2.32. The van der Waals surface area contributed by atoms with Gasteiger partial charge < -0.3 is 9.47 Å². The number of ether oxygens (including phenoxy) is 2. The van der Waals surface area contributed by atoms with Crippen LogP contribution in [0.3, 0.4) is 0 Å². The highest BCUT2D eigenvalue weighted by Gasteiger charge is 2.29. The molecule has 1 aliphatic rings. The van der Waals surface area contributed by atoms with E-state index in [1.807, 2.05) is 18.2 Å². The van der Waals surface area contributed by atoms with Crippen LogP contribution in [0.25, 0.3) is 0 Å². The van der Waals surface area contributed by atoms with Gasteiger partial charge in [0.05, 0.1) is 6.61 Å². The molecular formula is C14H18O3. The van der Waals surface area contributed by atoms with Crippen LogP contribution >= 0.6 is 0 Å². The zero-order chi connectivity index (χ0) is 11.9. The molecule has 1 aromatic rings. The normalized spacial score (nSPS) is 22.8. The van der Waals surface area contributed by atoms with Crippen LogP contribution in [0.4, 0.5) is 0 Å². The average molecular weight is 234 g/mol. The maximum absolute atomic E-state index is 10.1. The van der Waals surface area contributed by atoms with Gasteiger partial charge in [0.2, 0.25) is 0 Å². The van der Waals surface area contributed by atoms with Crippen LogP contribution in [0.5, 0.6) is 0 Å². The number of rotatable bonds is 7. The number of hydrogen-bond donors (Lipinski definition) is 0. The summed E-state index contributed by atoms with van der Waals surface area (Å²) in [6.07, 6.45) is 3.21. The van der Waals surface area contributed by atoms with E-state index in [0.29, 0.717) is 19.0 Å². The van der Waals surface area contributed by atoms with Crippen molar-refractivity contribution in [1.82, 2.24) is 0 Å². The summed E-state index contributed by atoms with van der Waals surface area (Å²) >= 11 is 0. The van der Waals surface area contributed by atoms with Crippen molar-refractivity contribution < 1.29 is 14.3 Å². The molecule has 0 saturated heterocycles. The van der Waals surface area contributed by atoms with Gasteiger partial charge in [-0.15, -0.1) is 0 Å². The molecule has 0 radical (unpaired) electrons. The van der Waals surface area contributed by atoms with Crippen molar-refractivity contribution in [3.05, 3.63) is 35.9 Å². The Morgan fingerprint density at radius 3 is 2.71 bits per heavy atom. The van der Waals surface area contributed by atoms with Crippen molar-refractivity contribution in [2.75, 3.05) is 6.61 Å². The number of carbonyl (C=O) groups is 1. The summed E-state index contributed by atoms with van der Waals surface area (Å²) in [5, 5.41) is 0.